The maximum atomic E-state index is 11.1. The summed E-state index contributed by atoms with van der Waals surface area (Å²) in [4.78, 5) is 11.1. The van der Waals surface area contributed by atoms with Crippen LogP contribution in [-0.2, 0) is 14.3 Å². The number of carbonyl (C=O) groups excluding carboxylic acids is 1. The minimum Gasteiger partial charge on any atom is -0.466 e. The van der Waals surface area contributed by atoms with Crippen LogP contribution in [-0.4, -0.2) is 38.4 Å². The van der Waals surface area contributed by atoms with Crippen LogP contribution in [0.15, 0.2) is 0 Å². The van der Waals surface area contributed by atoms with Crippen LogP contribution in [0.25, 0.3) is 0 Å². The second-order valence-corrected chi connectivity index (χ2v) is 4.45. The van der Waals surface area contributed by atoms with Crippen molar-refractivity contribution in [1.29, 1.82) is 0 Å². The van der Waals surface area contributed by atoms with Gasteiger partial charge in [0.1, 0.15) is 0 Å². The zero-order valence-electron chi connectivity index (χ0n) is 10.9. The van der Waals surface area contributed by atoms with Gasteiger partial charge in [0.2, 0.25) is 0 Å². The molecule has 0 aliphatic carbocycles. The van der Waals surface area contributed by atoms with Crippen LogP contribution < -0.4 is 5.32 Å². The fourth-order valence-corrected chi connectivity index (χ4v) is 2.00. The highest BCUT2D eigenvalue weighted by Gasteiger charge is 2.13. The van der Waals surface area contributed by atoms with Gasteiger partial charge in [0.15, 0.2) is 0 Å². The second-order valence-electron chi connectivity index (χ2n) is 4.45. The summed E-state index contributed by atoms with van der Waals surface area (Å²) in [7, 11) is 0. The van der Waals surface area contributed by atoms with Crippen molar-refractivity contribution >= 4 is 5.97 Å². The molecule has 1 fully saturated rings. The third-order valence-electron chi connectivity index (χ3n) is 2.94. The summed E-state index contributed by atoms with van der Waals surface area (Å²) < 4.78 is 10.4. The summed E-state index contributed by atoms with van der Waals surface area (Å²) in [5.41, 5.74) is 0. The van der Waals surface area contributed by atoms with Gasteiger partial charge in [0.25, 0.3) is 0 Å². The first-order valence-corrected chi connectivity index (χ1v) is 6.81. The molecule has 0 spiro atoms. The zero-order valence-corrected chi connectivity index (χ0v) is 10.9. The molecular weight excluding hydrogens is 218 g/mol. The molecule has 1 atom stereocenters. The van der Waals surface area contributed by atoms with Gasteiger partial charge in [-0.15, -0.1) is 0 Å². The lowest BCUT2D eigenvalue weighted by Crippen LogP contribution is -2.26. The molecule has 1 aliphatic rings. The Balaban J connectivity index is 1.79. The van der Waals surface area contributed by atoms with Crippen molar-refractivity contribution in [3.8, 4) is 0 Å². The Bertz CT molecular complexity index is 203. The average Bonchev–Trinajstić information content (AvgIpc) is 2.81. The molecule has 1 N–H and O–H groups in total. The lowest BCUT2D eigenvalue weighted by atomic mass is 10.2. The van der Waals surface area contributed by atoms with E-state index in [-0.39, 0.29) is 5.97 Å². The number of hydrogen-bond donors (Lipinski definition) is 1. The van der Waals surface area contributed by atoms with E-state index in [1.165, 1.54) is 12.8 Å². The summed E-state index contributed by atoms with van der Waals surface area (Å²) in [5, 5.41) is 3.40. The number of ether oxygens (including phenoxy) is 2. The molecule has 4 heteroatoms. The molecule has 100 valence electrons. The minimum absolute atomic E-state index is 0.0696. The van der Waals surface area contributed by atoms with Crippen molar-refractivity contribution in [2.24, 2.45) is 0 Å². The van der Waals surface area contributed by atoms with Crippen LogP contribution in [0.2, 0.25) is 0 Å². The summed E-state index contributed by atoms with van der Waals surface area (Å²) in [6, 6.07) is 0. The smallest absolute Gasteiger partial charge is 0.305 e. The monoisotopic (exact) mass is 243 g/mol. The van der Waals surface area contributed by atoms with Gasteiger partial charge in [-0.1, -0.05) is 6.42 Å². The highest BCUT2D eigenvalue weighted by Crippen LogP contribution is 2.10. The number of carbonyl (C=O) groups is 1. The highest BCUT2D eigenvalue weighted by molar-refractivity contribution is 5.69. The predicted octanol–water partition coefficient (Wildman–Crippen LogP) is 1.88. The first-order chi connectivity index (χ1) is 8.33. The van der Waals surface area contributed by atoms with Gasteiger partial charge in [-0.05, 0) is 39.2 Å². The van der Waals surface area contributed by atoms with Crippen molar-refractivity contribution in [3.05, 3.63) is 0 Å². The lowest BCUT2D eigenvalue weighted by molar-refractivity contribution is -0.143. The first kappa shape index (κ1) is 14.5. The molecule has 1 saturated heterocycles. The van der Waals surface area contributed by atoms with Gasteiger partial charge in [0, 0.05) is 19.6 Å². The second kappa shape index (κ2) is 9.42. The summed E-state index contributed by atoms with van der Waals surface area (Å²) in [5.74, 6) is -0.0696. The Labute approximate surface area is 104 Å². The van der Waals surface area contributed by atoms with E-state index in [4.69, 9.17) is 9.47 Å². The van der Waals surface area contributed by atoms with E-state index < -0.39 is 0 Å². The maximum Gasteiger partial charge on any atom is 0.305 e. The van der Waals surface area contributed by atoms with Crippen LogP contribution in [0.4, 0.5) is 0 Å². The molecule has 0 amide bonds. The molecule has 0 aromatic rings. The topological polar surface area (TPSA) is 47.6 Å². The van der Waals surface area contributed by atoms with E-state index in [0.717, 1.165) is 39.0 Å². The summed E-state index contributed by atoms with van der Waals surface area (Å²) in [6.07, 6.45) is 6.50. The van der Waals surface area contributed by atoms with Crippen molar-refractivity contribution in [2.45, 2.75) is 51.6 Å². The Hall–Kier alpha value is -0.610. The molecule has 0 aromatic carbocycles. The molecule has 1 heterocycles. The highest BCUT2D eigenvalue weighted by atomic mass is 16.5. The Morgan fingerprint density at radius 3 is 3.00 bits per heavy atom. The summed E-state index contributed by atoms with van der Waals surface area (Å²) in [6.45, 7) is 5.24. The summed E-state index contributed by atoms with van der Waals surface area (Å²) >= 11 is 0. The van der Waals surface area contributed by atoms with Gasteiger partial charge in [-0.2, -0.15) is 0 Å². The molecule has 1 unspecified atom stereocenters. The molecule has 0 aromatic heterocycles. The van der Waals surface area contributed by atoms with E-state index in [0.29, 0.717) is 19.1 Å². The van der Waals surface area contributed by atoms with E-state index >= 15 is 0 Å². The first-order valence-electron chi connectivity index (χ1n) is 6.81. The molecule has 1 aliphatic heterocycles. The number of nitrogens with one attached hydrogen (secondary N) is 1. The molecule has 0 radical (unpaired) electrons. The molecule has 0 saturated carbocycles. The third kappa shape index (κ3) is 7.34. The molecular formula is C13H25NO3. The van der Waals surface area contributed by atoms with E-state index in [9.17, 15) is 4.79 Å². The van der Waals surface area contributed by atoms with E-state index in [1.807, 2.05) is 6.92 Å². The molecule has 1 rings (SSSR count). The van der Waals surface area contributed by atoms with Gasteiger partial charge in [0.05, 0.1) is 12.7 Å². The fourth-order valence-electron chi connectivity index (χ4n) is 2.00. The van der Waals surface area contributed by atoms with Crippen molar-refractivity contribution < 1.29 is 14.3 Å². The Morgan fingerprint density at radius 1 is 1.41 bits per heavy atom. The normalized spacial score (nSPS) is 19.5. The van der Waals surface area contributed by atoms with E-state index in [1.54, 1.807) is 0 Å². The predicted molar refractivity (Wildman–Crippen MR) is 66.9 cm³/mol. The van der Waals surface area contributed by atoms with Crippen LogP contribution in [0.1, 0.15) is 45.4 Å². The number of esters is 1. The van der Waals surface area contributed by atoms with Crippen molar-refractivity contribution in [1.82, 2.24) is 5.32 Å². The van der Waals surface area contributed by atoms with Crippen LogP contribution in [0.3, 0.4) is 0 Å². The van der Waals surface area contributed by atoms with Crippen molar-refractivity contribution in [2.75, 3.05) is 26.3 Å². The molecule has 0 bridgehead atoms. The standard InChI is InChI=1S/C13H25NO3/c1-2-16-13(15)8-4-3-5-9-14-11-12-7-6-10-17-12/h12,14H,2-11H2,1H3. The Kier molecular flexibility index (Phi) is 8.01. The largest absolute Gasteiger partial charge is 0.466 e. The van der Waals surface area contributed by atoms with Crippen molar-refractivity contribution in [3.63, 3.8) is 0 Å². The lowest BCUT2D eigenvalue weighted by Gasteiger charge is -2.10. The fraction of sp³-hybridized carbons (Fsp3) is 0.923. The van der Waals surface area contributed by atoms with Crippen LogP contribution in [0, 0.1) is 0 Å². The SMILES string of the molecule is CCOC(=O)CCCCCNCC1CCCO1. The van der Waals surface area contributed by atoms with Gasteiger partial charge in [-0.3, -0.25) is 4.79 Å². The number of rotatable bonds is 9. The average molecular weight is 243 g/mol. The van der Waals surface area contributed by atoms with Crippen LogP contribution >= 0.6 is 0 Å². The van der Waals surface area contributed by atoms with E-state index in [2.05, 4.69) is 5.32 Å². The quantitative estimate of drug-likeness (QED) is 0.496. The molecule has 17 heavy (non-hydrogen) atoms. The Morgan fingerprint density at radius 2 is 2.29 bits per heavy atom. The minimum atomic E-state index is -0.0696. The number of unbranched alkanes of at least 4 members (excludes halogenated alkanes) is 2. The number of hydrogen-bond acceptors (Lipinski definition) is 4. The van der Waals surface area contributed by atoms with Crippen LogP contribution in [0.5, 0.6) is 0 Å². The molecule has 4 nitrogen and oxygen atoms in total. The van der Waals surface area contributed by atoms with Gasteiger partial charge in [-0.25, -0.2) is 0 Å². The van der Waals surface area contributed by atoms with Gasteiger partial charge >= 0.3 is 5.97 Å². The third-order valence-corrected chi connectivity index (χ3v) is 2.94. The maximum absolute atomic E-state index is 11.1. The zero-order chi connectivity index (χ0) is 12.3. The van der Waals surface area contributed by atoms with Gasteiger partial charge < -0.3 is 14.8 Å².